The van der Waals surface area contributed by atoms with Gasteiger partial charge in [-0.25, -0.2) is 0 Å². The number of anilines is 2. The van der Waals surface area contributed by atoms with Crippen LogP contribution >= 0.6 is 11.6 Å². The molecule has 0 aromatic heterocycles. The molecule has 2 aromatic rings. The van der Waals surface area contributed by atoms with Gasteiger partial charge in [0, 0.05) is 29.4 Å². The van der Waals surface area contributed by atoms with Crippen molar-refractivity contribution in [2.75, 3.05) is 10.6 Å². The third-order valence-corrected chi connectivity index (χ3v) is 4.81. The van der Waals surface area contributed by atoms with Crippen molar-refractivity contribution in [1.82, 2.24) is 4.90 Å². The monoisotopic (exact) mass is 411 g/mol. The van der Waals surface area contributed by atoms with Crippen molar-refractivity contribution in [2.24, 2.45) is 0 Å². The van der Waals surface area contributed by atoms with Crippen molar-refractivity contribution in [1.29, 1.82) is 0 Å². The zero-order valence-corrected chi connectivity index (χ0v) is 17.4. The Balaban J connectivity index is 2.07. The number of aryl methyl sites for hydroxylation is 1. The van der Waals surface area contributed by atoms with E-state index in [2.05, 4.69) is 10.6 Å². The van der Waals surface area contributed by atoms with Gasteiger partial charge in [0.2, 0.25) is 5.91 Å². The van der Waals surface area contributed by atoms with Crippen molar-refractivity contribution < 1.29 is 14.4 Å². The number of amides is 3. The van der Waals surface area contributed by atoms with E-state index in [4.69, 9.17) is 11.6 Å². The first kappa shape index (κ1) is 20.6. The van der Waals surface area contributed by atoms with Gasteiger partial charge in [-0.05, 0) is 62.2 Å². The van der Waals surface area contributed by atoms with Crippen molar-refractivity contribution in [3.05, 3.63) is 64.3 Å². The fourth-order valence-electron chi connectivity index (χ4n) is 3.23. The van der Waals surface area contributed by atoms with Crippen molar-refractivity contribution in [2.45, 2.75) is 33.7 Å². The lowest BCUT2D eigenvalue weighted by Crippen LogP contribution is -2.38. The van der Waals surface area contributed by atoms with Gasteiger partial charge in [0.15, 0.2) is 0 Å². The van der Waals surface area contributed by atoms with Gasteiger partial charge in [-0.15, -0.1) is 0 Å². The predicted molar refractivity (Wildman–Crippen MR) is 114 cm³/mol. The molecule has 2 aromatic carbocycles. The summed E-state index contributed by atoms with van der Waals surface area (Å²) in [6, 6.07) is 11.8. The number of rotatable bonds is 5. The summed E-state index contributed by atoms with van der Waals surface area (Å²) in [5, 5.41) is 6.42. The van der Waals surface area contributed by atoms with Gasteiger partial charge in [-0.3, -0.25) is 19.3 Å². The molecule has 0 unspecified atom stereocenters. The van der Waals surface area contributed by atoms with E-state index in [9.17, 15) is 14.4 Å². The highest BCUT2D eigenvalue weighted by Crippen LogP contribution is 2.33. The van der Waals surface area contributed by atoms with Crippen molar-refractivity contribution in [3.8, 4) is 0 Å². The van der Waals surface area contributed by atoms with Gasteiger partial charge in [-0.1, -0.05) is 23.7 Å². The fraction of sp³-hybridized carbons (Fsp3) is 0.227. The number of nitrogens with zero attached hydrogens (tertiary/aromatic N) is 1. The molecule has 3 rings (SSSR count). The smallest absolute Gasteiger partial charge is 0.278 e. The number of carbonyl (C=O) groups excluding carboxylic acids is 3. The van der Waals surface area contributed by atoms with Crippen LogP contribution in [0.15, 0.2) is 48.2 Å². The lowest BCUT2D eigenvalue weighted by molar-refractivity contribution is -0.138. The average molecular weight is 412 g/mol. The van der Waals surface area contributed by atoms with Gasteiger partial charge in [0.05, 0.1) is 5.57 Å². The van der Waals surface area contributed by atoms with Crippen LogP contribution in [-0.2, 0) is 14.4 Å². The van der Waals surface area contributed by atoms with Crippen LogP contribution in [0.4, 0.5) is 11.4 Å². The quantitative estimate of drug-likeness (QED) is 0.722. The van der Waals surface area contributed by atoms with Crippen LogP contribution in [0.1, 0.15) is 31.9 Å². The van der Waals surface area contributed by atoms with Gasteiger partial charge in [0.25, 0.3) is 11.8 Å². The molecule has 0 spiro atoms. The first-order valence-electron chi connectivity index (χ1n) is 9.22. The number of hydrogen-bond donors (Lipinski definition) is 2. The van der Waals surface area contributed by atoms with Gasteiger partial charge in [-0.2, -0.15) is 0 Å². The van der Waals surface area contributed by atoms with Gasteiger partial charge in [0.1, 0.15) is 5.70 Å². The van der Waals surface area contributed by atoms with Crippen LogP contribution in [0.5, 0.6) is 0 Å². The third kappa shape index (κ3) is 4.17. The van der Waals surface area contributed by atoms with Crippen LogP contribution in [0.2, 0.25) is 5.02 Å². The molecule has 6 nitrogen and oxygen atoms in total. The molecular weight excluding hydrogens is 390 g/mol. The number of benzene rings is 2. The molecule has 0 fully saturated rings. The minimum Gasteiger partial charge on any atom is -0.350 e. The molecular formula is C22H22ClN3O3. The summed E-state index contributed by atoms with van der Waals surface area (Å²) in [5.41, 5.74) is 3.28. The minimum absolute atomic E-state index is 0.185. The van der Waals surface area contributed by atoms with Crippen LogP contribution in [0.25, 0.3) is 5.57 Å². The Kier molecular flexibility index (Phi) is 5.75. The molecule has 0 saturated carbocycles. The summed E-state index contributed by atoms with van der Waals surface area (Å²) in [7, 11) is 0. The molecule has 1 heterocycles. The number of nitrogens with one attached hydrogen (secondary N) is 2. The molecule has 0 radical (unpaired) electrons. The second-order valence-corrected chi connectivity index (χ2v) is 7.60. The van der Waals surface area contributed by atoms with Gasteiger partial charge >= 0.3 is 0 Å². The number of hydrogen-bond acceptors (Lipinski definition) is 4. The average Bonchev–Trinajstić information content (AvgIpc) is 2.88. The Morgan fingerprint density at radius 3 is 2.24 bits per heavy atom. The zero-order chi connectivity index (χ0) is 21.3. The first-order valence-corrected chi connectivity index (χ1v) is 9.60. The number of imide groups is 1. The summed E-state index contributed by atoms with van der Waals surface area (Å²) < 4.78 is 0. The molecule has 7 heteroatoms. The highest BCUT2D eigenvalue weighted by molar-refractivity contribution is 6.36. The maximum atomic E-state index is 13.1. The van der Waals surface area contributed by atoms with E-state index in [-0.39, 0.29) is 29.5 Å². The molecule has 1 aliphatic rings. The maximum absolute atomic E-state index is 13.1. The van der Waals surface area contributed by atoms with Crippen LogP contribution in [0, 0.1) is 6.92 Å². The first-order chi connectivity index (χ1) is 13.7. The summed E-state index contributed by atoms with van der Waals surface area (Å²) in [6.07, 6.45) is 0. The highest BCUT2D eigenvalue weighted by Gasteiger charge is 2.40. The SMILES string of the molecule is CC(=O)Nc1ccc(C2=C(Nc3ccc(Cl)cc3C)C(=O)N(C(C)C)C2=O)cc1. The number of halogens is 1. The molecule has 2 N–H and O–H groups in total. The standard InChI is InChI=1S/C22H22ClN3O3/c1-12(2)26-21(28)19(15-5-8-17(9-6-15)24-14(4)27)20(22(26)29)25-18-10-7-16(23)11-13(18)3/h5-12,25H,1-4H3,(H,24,27). The second kappa shape index (κ2) is 8.09. The molecule has 150 valence electrons. The molecule has 0 aliphatic carbocycles. The summed E-state index contributed by atoms with van der Waals surface area (Å²) in [5.74, 6) is -0.915. The molecule has 3 amide bonds. The van der Waals surface area contributed by atoms with E-state index in [1.54, 1.807) is 56.3 Å². The van der Waals surface area contributed by atoms with Crippen LogP contribution in [0.3, 0.4) is 0 Å². The lowest BCUT2D eigenvalue weighted by atomic mass is 10.0. The van der Waals surface area contributed by atoms with E-state index in [0.29, 0.717) is 27.5 Å². The minimum atomic E-state index is -0.375. The van der Waals surface area contributed by atoms with Crippen LogP contribution < -0.4 is 10.6 Å². The predicted octanol–water partition coefficient (Wildman–Crippen LogP) is 4.21. The summed E-state index contributed by atoms with van der Waals surface area (Å²) >= 11 is 6.03. The maximum Gasteiger partial charge on any atom is 0.278 e. The van der Waals surface area contributed by atoms with E-state index in [1.807, 2.05) is 6.92 Å². The molecule has 0 saturated heterocycles. The Hall–Kier alpha value is -3.12. The Morgan fingerprint density at radius 2 is 1.69 bits per heavy atom. The number of carbonyl (C=O) groups is 3. The van der Waals surface area contributed by atoms with Crippen molar-refractivity contribution in [3.63, 3.8) is 0 Å². The molecule has 0 atom stereocenters. The summed E-state index contributed by atoms with van der Waals surface area (Å²) in [6.45, 7) is 6.89. The Labute approximate surface area is 174 Å². The topological polar surface area (TPSA) is 78.5 Å². The second-order valence-electron chi connectivity index (χ2n) is 7.17. The fourth-order valence-corrected chi connectivity index (χ4v) is 3.45. The third-order valence-electron chi connectivity index (χ3n) is 4.57. The summed E-state index contributed by atoms with van der Waals surface area (Å²) in [4.78, 5) is 38.6. The lowest BCUT2D eigenvalue weighted by Gasteiger charge is -2.19. The van der Waals surface area contributed by atoms with E-state index < -0.39 is 0 Å². The van der Waals surface area contributed by atoms with Crippen LogP contribution in [-0.4, -0.2) is 28.7 Å². The molecule has 1 aliphatic heterocycles. The Bertz CT molecular complexity index is 1030. The van der Waals surface area contributed by atoms with E-state index >= 15 is 0 Å². The molecule has 29 heavy (non-hydrogen) atoms. The van der Waals surface area contributed by atoms with E-state index in [0.717, 1.165) is 5.56 Å². The largest absolute Gasteiger partial charge is 0.350 e. The molecule has 0 bridgehead atoms. The normalized spacial score (nSPS) is 14.1. The van der Waals surface area contributed by atoms with Crippen molar-refractivity contribution >= 4 is 46.3 Å². The zero-order valence-electron chi connectivity index (χ0n) is 16.7. The Morgan fingerprint density at radius 1 is 1.03 bits per heavy atom. The highest BCUT2D eigenvalue weighted by atomic mass is 35.5. The van der Waals surface area contributed by atoms with E-state index in [1.165, 1.54) is 11.8 Å². The van der Waals surface area contributed by atoms with Gasteiger partial charge < -0.3 is 10.6 Å².